The number of nitrogens with two attached hydrogens (primary N) is 2. The highest BCUT2D eigenvalue weighted by Gasteiger charge is 2.22. The number of urea groups is 1. The molecule has 0 fully saturated rings. The van der Waals surface area contributed by atoms with Crippen molar-refractivity contribution in [2.45, 2.75) is 4.90 Å². The van der Waals surface area contributed by atoms with Crippen LogP contribution in [0.2, 0.25) is 0 Å². The first-order valence-electron chi connectivity index (χ1n) is 4.59. The molecule has 0 saturated carbocycles. The fourth-order valence-corrected chi connectivity index (χ4v) is 3.02. The van der Waals surface area contributed by atoms with Crippen LogP contribution in [-0.2, 0) is 14.6 Å². The summed E-state index contributed by atoms with van der Waals surface area (Å²) >= 11 is 3.10. The largest absolute Gasteiger partial charge is 0.398 e. The Bertz CT molecular complexity index is 600. The van der Waals surface area contributed by atoms with E-state index in [1.165, 1.54) is 12.1 Å². The van der Waals surface area contributed by atoms with Crippen LogP contribution in [0.25, 0.3) is 0 Å². The standard InChI is InChI=1S/C9H10BrN3O4S/c10-5-1-2-6(11)7(3-5)18(16,17)4-8(14)13-9(12)15/h1-3H,4,11H2,(H3,12,13,14,15). The Morgan fingerprint density at radius 1 is 1.33 bits per heavy atom. The Labute approximate surface area is 112 Å². The molecule has 0 aliphatic heterocycles. The molecule has 1 aromatic rings. The van der Waals surface area contributed by atoms with E-state index in [4.69, 9.17) is 11.5 Å². The molecule has 0 heterocycles. The molecule has 0 saturated heterocycles. The number of nitrogens with one attached hydrogen (secondary N) is 1. The summed E-state index contributed by atoms with van der Waals surface area (Å²) in [6.07, 6.45) is 0. The van der Waals surface area contributed by atoms with E-state index in [1.807, 2.05) is 0 Å². The number of amides is 3. The second-order valence-electron chi connectivity index (χ2n) is 3.35. The fourth-order valence-electron chi connectivity index (χ4n) is 1.20. The molecule has 0 spiro atoms. The van der Waals surface area contributed by atoms with Crippen LogP contribution in [0.5, 0.6) is 0 Å². The number of rotatable bonds is 3. The molecule has 1 aromatic carbocycles. The van der Waals surface area contributed by atoms with Gasteiger partial charge in [-0.05, 0) is 18.2 Å². The van der Waals surface area contributed by atoms with E-state index in [-0.39, 0.29) is 10.6 Å². The summed E-state index contributed by atoms with van der Waals surface area (Å²) in [5.74, 6) is -1.92. The number of hydrogen-bond acceptors (Lipinski definition) is 5. The first kappa shape index (κ1) is 14.5. The van der Waals surface area contributed by atoms with Gasteiger partial charge < -0.3 is 11.5 Å². The van der Waals surface area contributed by atoms with Crippen LogP contribution >= 0.6 is 15.9 Å². The molecule has 18 heavy (non-hydrogen) atoms. The lowest BCUT2D eigenvalue weighted by atomic mass is 10.3. The lowest BCUT2D eigenvalue weighted by Gasteiger charge is -2.07. The third kappa shape index (κ3) is 3.70. The average Bonchev–Trinajstić information content (AvgIpc) is 2.19. The number of carbonyl (C=O) groups excluding carboxylic acids is 2. The number of nitrogen functional groups attached to an aromatic ring is 1. The van der Waals surface area contributed by atoms with Crippen LogP contribution in [0.3, 0.4) is 0 Å². The highest BCUT2D eigenvalue weighted by Crippen LogP contribution is 2.23. The van der Waals surface area contributed by atoms with Gasteiger partial charge in [0.05, 0.1) is 10.6 Å². The zero-order valence-electron chi connectivity index (χ0n) is 9.01. The lowest BCUT2D eigenvalue weighted by molar-refractivity contribution is -0.117. The normalized spacial score (nSPS) is 10.9. The predicted octanol–water partition coefficient (Wildman–Crippen LogP) is -0.000100. The van der Waals surface area contributed by atoms with Gasteiger partial charge in [-0.15, -0.1) is 0 Å². The fraction of sp³-hybridized carbons (Fsp3) is 0.111. The molecule has 7 nitrogen and oxygen atoms in total. The van der Waals surface area contributed by atoms with Gasteiger partial charge in [-0.2, -0.15) is 0 Å². The van der Waals surface area contributed by atoms with E-state index in [2.05, 4.69) is 15.9 Å². The molecule has 0 atom stereocenters. The molecular formula is C9H10BrN3O4S. The first-order chi connectivity index (χ1) is 8.22. The van der Waals surface area contributed by atoms with Crippen molar-refractivity contribution in [3.05, 3.63) is 22.7 Å². The van der Waals surface area contributed by atoms with Crippen LogP contribution in [0, 0.1) is 0 Å². The van der Waals surface area contributed by atoms with Crippen molar-refractivity contribution in [1.82, 2.24) is 5.32 Å². The Kier molecular flexibility index (Phi) is 4.30. The number of imide groups is 1. The Morgan fingerprint density at radius 3 is 2.50 bits per heavy atom. The van der Waals surface area contributed by atoms with E-state index in [9.17, 15) is 18.0 Å². The monoisotopic (exact) mass is 335 g/mol. The lowest BCUT2D eigenvalue weighted by Crippen LogP contribution is -2.38. The van der Waals surface area contributed by atoms with Gasteiger partial charge in [0.25, 0.3) is 0 Å². The van der Waals surface area contributed by atoms with Crippen molar-refractivity contribution >= 4 is 43.4 Å². The van der Waals surface area contributed by atoms with Gasteiger partial charge in [-0.3, -0.25) is 10.1 Å². The molecule has 1 rings (SSSR count). The Morgan fingerprint density at radius 2 is 1.94 bits per heavy atom. The van der Waals surface area contributed by atoms with Crippen LogP contribution in [-0.4, -0.2) is 26.1 Å². The molecular weight excluding hydrogens is 326 g/mol. The molecule has 0 unspecified atom stereocenters. The topological polar surface area (TPSA) is 132 Å². The number of hydrogen-bond donors (Lipinski definition) is 3. The summed E-state index contributed by atoms with van der Waals surface area (Å²) in [4.78, 5) is 21.4. The molecule has 3 amide bonds. The van der Waals surface area contributed by atoms with Gasteiger partial charge in [-0.1, -0.05) is 15.9 Å². The molecule has 0 bridgehead atoms. The van der Waals surface area contributed by atoms with Crippen molar-refractivity contribution in [2.24, 2.45) is 5.73 Å². The number of primary amides is 1. The SMILES string of the molecule is NC(=O)NC(=O)CS(=O)(=O)c1cc(Br)ccc1N. The highest BCUT2D eigenvalue weighted by molar-refractivity contribution is 9.10. The van der Waals surface area contributed by atoms with E-state index in [1.54, 1.807) is 11.4 Å². The number of sulfone groups is 1. The van der Waals surface area contributed by atoms with Gasteiger partial charge in [0.15, 0.2) is 9.84 Å². The zero-order chi connectivity index (χ0) is 13.9. The van der Waals surface area contributed by atoms with Crippen LogP contribution < -0.4 is 16.8 Å². The number of halogens is 1. The third-order valence-electron chi connectivity index (χ3n) is 1.89. The summed E-state index contributed by atoms with van der Waals surface area (Å²) in [6.45, 7) is 0. The van der Waals surface area contributed by atoms with Gasteiger partial charge in [0.1, 0.15) is 5.75 Å². The minimum atomic E-state index is -3.93. The average molecular weight is 336 g/mol. The second kappa shape index (κ2) is 5.36. The molecule has 5 N–H and O–H groups in total. The Hall–Kier alpha value is -1.61. The quantitative estimate of drug-likeness (QED) is 0.668. The van der Waals surface area contributed by atoms with Crippen LogP contribution in [0.15, 0.2) is 27.6 Å². The first-order valence-corrected chi connectivity index (χ1v) is 7.04. The van der Waals surface area contributed by atoms with Gasteiger partial charge in [-0.25, -0.2) is 13.2 Å². The van der Waals surface area contributed by atoms with Crippen molar-refractivity contribution < 1.29 is 18.0 Å². The molecule has 0 radical (unpaired) electrons. The predicted molar refractivity (Wildman–Crippen MR) is 68.3 cm³/mol. The van der Waals surface area contributed by atoms with Crippen molar-refractivity contribution in [1.29, 1.82) is 0 Å². The summed E-state index contributed by atoms with van der Waals surface area (Å²) in [5.41, 5.74) is 10.3. The molecule has 98 valence electrons. The summed E-state index contributed by atoms with van der Waals surface area (Å²) in [6, 6.07) is 3.13. The van der Waals surface area contributed by atoms with Crippen LogP contribution in [0.1, 0.15) is 0 Å². The Balaban J connectivity index is 3.03. The summed E-state index contributed by atoms with van der Waals surface area (Å²) < 4.78 is 24.3. The summed E-state index contributed by atoms with van der Waals surface area (Å²) in [7, 11) is -3.93. The molecule has 0 aliphatic rings. The van der Waals surface area contributed by atoms with Crippen molar-refractivity contribution in [2.75, 3.05) is 11.5 Å². The number of benzene rings is 1. The molecule has 0 aromatic heterocycles. The van der Waals surface area contributed by atoms with Gasteiger partial charge in [0, 0.05) is 4.47 Å². The minimum Gasteiger partial charge on any atom is -0.398 e. The molecule has 0 aliphatic carbocycles. The third-order valence-corrected chi connectivity index (χ3v) is 4.05. The highest BCUT2D eigenvalue weighted by atomic mass is 79.9. The van der Waals surface area contributed by atoms with Gasteiger partial charge >= 0.3 is 6.03 Å². The zero-order valence-corrected chi connectivity index (χ0v) is 11.4. The smallest absolute Gasteiger partial charge is 0.318 e. The maximum Gasteiger partial charge on any atom is 0.318 e. The van der Waals surface area contributed by atoms with Crippen LogP contribution in [0.4, 0.5) is 10.5 Å². The number of anilines is 1. The van der Waals surface area contributed by atoms with Crippen molar-refractivity contribution in [3.63, 3.8) is 0 Å². The number of carbonyl (C=O) groups is 2. The second-order valence-corrected chi connectivity index (χ2v) is 6.23. The van der Waals surface area contributed by atoms with Crippen molar-refractivity contribution in [3.8, 4) is 0 Å². The van der Waals surface area contributed by atoms with E-state index >= 15 is 0 Å². The van der Waals surface area contributed by atoms with Gasteiger partial charge in [0.2, 0.25) is 5.91 Å². The minimum absolute atomic E-state index is 0.0186. The maximum atomic E-state index is 11.9. The van der Waals surface area contributed by atoms with E-state index in [0.717, 1.165) is 0 Å². The molecule has 9 heteroatoms. The van der Waals surface area contributed by atoms with E-state index < -0.39 is 27.5 Å². The van der Waals surface area contributed by atoms with E-state index in [0.29, 0.717) is 4.47 Å². The maximum absolute atomic E-state index is 11.9. The summed E-state index contributed by atoms with van der Waals surface area (Å²) in [5, 5.41) is 1.67.